The third-order valence-electron chi connectivity index (χ3n) is 6.46. The van der Waals surface area contributed by atoms with E-state index >= 15 is 0 Å². The second-order valence-electron chi connectivity index (χ2n) is 9.15. The first-order chi connectivity index (χ1) is 18.7. The van der Waals surface area contributed by atoms with Gasteiger partial charge in [-0.1, -0.05) is 41.4 Å². The van der Waals surface area contributed by atoms with Crippen LogP contribution in [0.4, 0.5) is 10.1 Å². The lowest BCUT2D eigenvalue weighted by Crippen LogP contribution is -2.32. The number of amides is 2. The smallest absolute Gasteiger partial charge is 0.303 e. The number of aliphatic carboxylic acids is 1. The molecule has 2 N–H and O–H groups in total. The van der Waals surface area contributed by atoms with E-state index in [0.29, 0.717) is 28.2 Å². The van der Waals surface area contributed by atoms with Gasteiger partial charge in [-0.25, -0.2) is 9.37 Å². The molecule has 202 valence electrons. The van der Waals surface area contributed by atoms with Gasteiger partial charge < -0.3 is 15.3 Å². The molecule has 0 bridgehead atoms. The molecule has 0 spiro atoms. The molecule has 4 aromatic rings. The van der Waals surface area contributed by atoms with Gasteiger partial charge in [0.15, 0.2) is 0 Å². The fourth-order valence-corrected chi connectivity index (χ4v) is 6.99. The van der Waals surface area contributed by atoms with E-state index < -0.39 is 18.2 Å². The first-order valence-corrected chi connectivity index (χ1v) is 14.5. The Balaban J connectivity index is 1.29. The number of carboxylic acids is 1. The van der Waals surface area contributed by atoms with Crippen LogP contribution < -0.4 is 5.32 Å². The van der Waals surface area contributed by atoms with Crippen molar-refractivity contribution in [2.75, 3.05) is 11.9 Å². The summed E-state index contributed by atoms with van der Waals surface area (Å²) in [5, 5.41) is 15.4. The molecule has 0 saturated carbocycles. The fourth-order valence-electron chi connectivity index (χ4n) is 4.54. The van der Waals surface area contributed by atoms with Crippen molar-refractivity contribution < 1.29 is 23.9 Å². The summed E-state index contributed by atoms with van der Waals surface area (Å²) in [5.74, 6) is -1.57. The van der Waals surface area contributed by atoms with Crippen LogP contribution in [0.3, 0.4) is 0 Å². The van der Waals surface area contributed by atoms with Gasteiger partial charge in [0.1, 0.15) is 11.2 Å². The van der Waals surface area contributed by atoms with E-state index in [9.17, 15) is 18.8 Å². The zero-order chi connectivity index (χ0) is 27.7. The number of hydrogen-bond donors (Lipinski definition) is 2. The van der Waals surface area contributed by atoms with Gasteiger partial charge in [0.25, 0.3) is 5.91 Å². The largest absolute Gasteiger partial charge is 0.481 e. The third kappa shape index (κ3) is 6.09. The summed E-state index contributed by atoms with van der Waals surface area (Å²) in [4.78, 5) is 43.6. The monoisotopic (exact) mass is 605 g/mol. The number of halogens is 3. The van der Waals surface area contributed by atoms with Gasteiger partial charge >= 0.3 is 5.97 Å². The molecule has 0 aliphatic carbocycles. The number of anilines is 1. The SMILES string of the molecule is O=C(O)CCc1cnc([C@@H]2C[C@H](F)CN2C(=O)Cc2cc(Cl)c(NC(=O)c3csc4ccccc34)cc2Cl)s1. The van der Waals surface area contributed by atoms with Crippen molar-refractivity contribution in [3.8, 4) is 0 Å². The first-order valence-electron chi connectivity index (χ1n) is 12.0. The molecule has 2 atom stereocenters. The van der Waals surface area contributed by atoms with Crippen LogP contribution in [0.15, 0.2) is 48.0 Å². The van der Waals surface area contributed by atoms with Crippen LogP contribution in [0.5, 0.6) is 0 Å². The Morgan fingerprint density at radius 2 is 1.97 bits per heavy atom. The number of aromatic nitrogens is 1. The van der Waals surface area contributed by atoms with Crippen molar-refractivity contribution in [3.63, 3.8) is 0 Å². The zero-order valence-corrected chi connectivity index (χ0v) is 23.5. The fraction of sp³-hybridized carbons (Fsp3) is 0.259. The molecule has 3 heterocycles. The van der Waals surface area contributed by atoms with Gasteiger partial charge in [0, 0.05) is 38.0 Å². The van der Waals surface area contributed by atoms with Crippen LogP contribution in [0.25, 0.3) is 10.1 Å². The maximum absolute atomic E-state index is 14.4. The number of rotatable bonds is 8. The Hall–Kier alpha value is -3.05. The van der Waals surface area contributed by atoms with E-state index in [4.69, 9.17) is 28.3 Å². The second-order valence-corrected chi connectivity index (χ2v) is 12.0. The Morgan fingerprint density at radius 3 is 2.77 bits per heavy atom. The van der Waals surface area contributed by atoms with E-state index in [2.05, 4.69) is 10.3 Å². The highest BCUT2D eigenvalue weighted by Crippen LogP contribution is 2.37. The maximum atomic E-state index is 14.4. The van der Waals surface area contributed by atoms with Gasteiger partial charge in [-0.2, -0.15) is 0 Å². The molecule has 7 nitrogen and oxygen atoms in total. The summed E-state index contributed by atoms with van der Waals surface area (Å²) in [7, 11) is 0. The van der Waals surface area contributed by atoms with E-state index in [1.165, 1.54) is 39.7 Å². The lowest BCUT2D eigenvalue weighted by atomic mass is 10.1. The highest BCUT2D eigenvalue weighted by atomic mass is 35.5. The van der Waals surface area contributed by atoms with Crippen molar-refractivity contribution in [1.29, 1.82) is 0 Å². The molecule has 0 unspecified atom stereocenters. The Morgan fingerprint density at radius 1 is 1.18 bits per heavy atom. The number of fused-ring (bicyclic) bond motifs is 1. The highest BCUT2D eigenvalue weighted by Gasteiger charge is 2.38. The van der Waals surface area contributed by atoms with Crippen molar-refractivity contribution >= 4 is 79.4 Å². The van der Waals surface area contributed by atoms with E-state index in [1.807, 2.05) is 24.3 Å². The Kier molecular flexibility index (Phi) is 8.18. The van der Waals surface area contributed by atoms with Crippen LogP contribution >= 0.6 is 45.9 Å². The summed E-state index contributed by atoms with van der Waals surface area (Å²) in [6.45, 7) is -0.0678. The van der Waals surface area contributed by atoms with Crippen LogP contribution in [-0.4, -0.2) is 45.5 Å². The second kappa shape index (κ2) is 11.6. The summed E-state index contributed by atoms with van der Waals surface area (Å²) >= 11 is 15.7. The quantitative estimate of drug-likeness (QED) is 0.230. The molecule has 12 heteroatoms. The predicted octanol–water partition coefficient (Wildman–Crippen LogP) is 6.79. The van der Waals surface area contributed by atoms with Crippen LogP contribution in [0.1, 0.15) is 44.7 Å². The number of thiazole rings is 1. The number of nitrogens with one attached hydrogen (secondary N) is 1. The minimum absolute atomic E-state index is 0.0275. The van der Waals surface area contributed by atoms with Gasteiger partial charge in [0.05, 0.1) is 41.7 Å². The number of carbonyl (C=O) groups excluding carboxylic acids is 2. The number of benzene rings is 2. The molecule has 0 radical (unpaired) electrons. The van der Waals surface area contributed by atoms with Gasteiger partial charge in [-0.15, -0.1) is 22.7 Å². The molecular formula is C27H22Cl2FN3O4S2. The molecule has 2 aromatic heterocycles. The summed E-state index contributed by atoms with van der Waals surface area (Å²) < 4.78 is 15.4. The summed E-state index contributed by atoms with van der Waals surface area (Å²) in [6, 6.07) is 10.1. The van der Waals surface area contributed by atoms with E-state index in [-0.39, 0.29) is 47.7 Å². The third-order valence-corrected chi connectivity index (χ3v) is 9.25. The Bertz CT molecular complexity index is 1570. The maximum Gasteiger partial charge on any atom is 0.303 e. The molecule has 39 heavy (non-hydrogen) atoms. The molecule has 5 rings (SSSR count). The average molecular weight is 607 g/mol. The molecule has 1 aliphatic rings. The van der Waals surface area contributed by atoms with E-state index in [0.717, 1.165) is 15.0 Å². The van der Waals surface area contributed by atoms with E-state index in [1.54, 1.807) is 11.6 Å². The van der Waals surface area contributed by atoms with Crippen molar-refractivity contribution in [1.82, 2.24) is 9.88 Å². The van der Waals surface area contributed by atoms with Gasteiger partial charge in [-0.3, -0.25) is 14.4 Å². The van der Waals surface area contributed by atoms with Crippen LogP contribution in [0, 0.1) is 0 Å². The van der Waals surface area contributed by atoms with Crippen LogP contribution in [-0.2, 0) is 22.4 Å². The number of nitrogens with zero attached hydrogens (tertiary/aromatic N) is 2. The summed E-state index contributed by atoms with van der Waals surface area (Å²) in [6.07, 6.45) is 0.693. The first kappa shape index (κ1) is 27.5. The number of carboxylic acid groups (broad SMARTS) is 1. The topological polar surface area (TPSA) is 99.6 Å². The minimum Gasteiger partial charge on any atom is -0.481 e. The predicted molar refractivity (Wildman–Crippen MR) is 152 cm³/mol. The lowest BCUT2D eigenvalue weighted by molar-refractivity contribution is -0.137. The van der Waals surface area contributed by atoms with Crippen molar-refractivity contribution in [3.05, 3.63) is 79.0 Å². The average Bonchev–Trinajstić information content (AvgIpc) is 3.63. The zero-order valence-electron chi connectivity index (χ0n) is 20.3. The van der Waals surface area contributed by atoms with Crippen molar-refractivity contribution in [2.24, 2.45) is 0 Å². The highest BCUT2D eigenvalue weighted by molar-refractivity contribution is 7.17. The van der Waals surface area contributed by atoms with Gasteiger partial charge in [0.2, 0.25) is 5.91 Å². The molecule has 1 fully saturated rings. The molecule has 2 aromatic carbocycles. The van der Waals surface area contributed by atoms with Gasteiger partial charge in [-0.05, 0) is 30.2 Å². The summed E-state index contributed by atoms with van der Waals surface area (Å²) in [5.41, 5.74) is 1.29. The standard InChI is InChI=1S/C27H22Cl2FN3O4S2/c28-19-10-21(32-26(37)18-13-38-23-4-2-1-3-17(18)23)20(29)7-14(19)8-24(34)33-12-15(30)9-22(33)27-31-11-16(39-27)5-6-25(35)36/h1-4,7,10-11,13,15,22H,5-6,8-9,12H2,(H,32,37)(H,35,36)/t15-,22-/m0/s1. The number of hydrogen-bond acceptors (Lipinski definition) is 6. The number of likely N-dealkylation sites (tertiary alicyclic amines) is 1. The number of alkyl halides is 1. The van der Waals surface area contributed by atoms with Crippen LogP contribution in [0.2, 0.25) is 10.0 Å². The normalized spacial score (nSPS) is 17.1. The number of carbonyl (C=O) groups is 3. The molecular weight excluding hydrogens is 584 g/mol. The minimum atomic E-state index is -1.20. The molecule has 1 saturated heterocycles. The van der Waals surface area contributed by atoms with Crippen molar-refractivity contribution in [2.45, 2.75) is 37.9 Å². The lowest BCUT2D eigenvalue weighted by Gasteiger charge is -2.23. The molecule has 2 amide bonds. The Labute approximate surface area is 241 Å². The molecule has 1 aliphatic heterocycles. The number of thiophene rings is 1. The number of aryl methyl sites for hydroxylation is 1.